The molecule has 4 nitrogen and oxygen atoms in total. The second kappa shape index (κ2) is 7.00. The van der Waals surface area contributed by atoms with Crippen LogP contribution in [-0.4, -0.2) is 21.5 Å². The van der Waals surface area contributed by atoms with Gasteiger partial charge in [0.1, 0.15) is 11.9 Å². The first kappa shape index (κ1) is 15.9. The maximum atomic E-state index is 12.5. The topological polar surface area (TPSA) is 47.3 Å². The molecule has 2 aromatic rings. The SMILES string of the molecule is CCCn1ncc(Br)c1C(O)c1ccccc1OC(F)F. The van der Waals surface area contributed by atoms with E-state index >= 15 is 0 Å². The van der Waals surface area contributed by atoms with E-state index in [1.165, 1.54) is 6.07 Å². The van der Waals surface area contributed by atoms with Crippen molar-refractivity contribution in [3.8, 4) is 5.75 Å². The van der Waals surface area contributed by atoms with Crippen molar-refractivity contribution in [2.45, 2.75) is 32.6 Å². The van der Waals surface area contributed by atoms with Gasteiger partial charge in [-0.2, -0.15) is 13.9 Å². The third kappa shape index (κ3) is 3.59. The molecule has 21 heavy (non-hydrogen) atoms. The molecule has 0 aliphatic carbocycles. The number of alkyl halides is 2. The van der Waals surface area contributed by atoms with Gasteiger partial charge in [-0.05, 0) is 28.4 Å². The molecule has 0 spiro atoms. The Morgan fingerprint density at radius 3 is 2.76 bits per heavy atom. The van der Waals surface area contributed by atoms with E-state index in [2.05, 4.69) is 25.8 Å². The summed E-state index contributed by atoms with van der Waals surface area (Å²) in [7, 11) is 0. The Morgan fingerprint density at radius 2 is 2.10 bits per heavy atom. The Bertz CT molecular complexity index is 604. The predicted octanol–water partition coefficient (Wildman–Crippen LogP) is 3.74. The van der Waals surface area contributed by atoms with Crippen LogP contribution in [0.2, 0.25) is 0 Å². The molecule has 0 bridgehead atoms. The number of rotatable bonds is 6. The van der Waals surface area contributed by atoms with Gasteiger partial charge in [0.05, 0.1) is 16.4 Å². The number of ether oxygens (including phenoxy) is 1. The third-order valence-corrected chi connectivity index (χ3v) is 3.57. The molecule has 1 aromatic heterocycles. The Morgan fingerprint density at radius 1 is 1.38 bits per heavy atom. The highest BCUT2D eigenvalue weighted by Crippen LogP contribution is 2.34. The van der Waals surface area contributed by atoms with Gasteiger partial charge >= 0.3 is 6.61 Å². The monoisotopic (exact) mass is 360 g/mol. The van der Waals surface area contributed by atoms with Crippen molar-refractivity contribution in [3.63, 3.8) is 0 Å². The molecule has 1 heterocycles. The van der Waals surface area contributed by atoms with Crippen molar-refractivity contribution in [3.05, 3.63) is 46.2 Å². The summed E-state index contributed by atoms with van der Waals surface area (Å²) in [5.74, 6) is -0.0452. The van der Waals surface area contributed by atoms with Crippen molar-refractivity contribution < 1.29 is 18.6 Å². The van der Waals surface area contributed by atoms with Crippen LogP contribution in [0.4, 0.5) is 8.78 Å². The number of halogens is 3. The zero-order valence-electron chi connectivity index (χ0n) is 11.3. The van der Waals surface area contributed by atoms with Crippen LogP contribution in [0.1, 0.15) is 30.7 Å². The van der Waals surface area contributed by atoms with E-state index < -0.39 is 12.7 Å². The number of nitrogens with zero attached hydrogens (tertiary/aromatic N) is 2. The molecule has 1 unspecified atom stereocenters. The van der Waals surface area contributed by atoms with Crippen molar-refractivity contribution in [2.75, 3.05) is 0 Å². The van der Waals surface area contributed by atoms with Crippen LogP contribution in [0.25, 0.3) is 0 Å². The van der Waals surface area contributed by atoms with E-state index in [1.54, 1.807) is 29.1 Å². The van der Waals surface area contributed by atoms with Gasteiger partial charge in [-0.3, -0.25) is 4.68 Å². The van der Waals surface area contributed by atoms with Crippen molar-refractivity contribution in [1.29, 1.82) is 0 Å². The second-order valence-corrected chi connectivity index (χ2v) is 5.27. The highest BCUT2D eigenvalue weighted by Gasteiger charge is 2.23. The fourth-order valence-corrected chi connectivity index (χ4v) is 2.60. The molecule has 0 aliphatic heterocycles. The average molecular weight is 361 g/mol. The van der Waals surface area contributed by atoms with E-state index in [-0.39, 0.29) is 11.3 Å². The quantitative estimate of drug-likeness (QED) is 0.853. The summed E-state index contributed by atoms with van der Waals surface area (Å²) in [5.41, 5.74) is 0.790. The maximum Gasteiger partial charge on any atom is 0.387 e. The lowest BCUT2D eigenvalue weighted by Crippen LogP contribution is -2.13. The molecule has 0 saturated heterocycles. The average Bonchev–Trinajstić information content (AvgIpc) is 2.79. The zero-order chi connectivity index (χ0) is 15.4. The van der Waals surface area contributed by atoms with E-state index in [0.717, 1.165) is 6.42 Å². The van der Waals surface area contributed by atoms with Crippen LogP contribution in [-0.2, 0) is 6.54 Å². The lowest BCUT2D eigenvalue weighted by Gasteiger charge is -2.17. The maximum absolute atomic E-state index is 12.5. The molecule has 1 atom stereocenters. The molecular formula is C14H15BrF2N2O2. The molecule has 114 valence electrons. The smallest absolute Gasteiger partial charge is 0.387 e. The minimum atomic E-state index is -2.94. The summed E-state index contributed by atoms with van der Waals surface area (Å²) >= 11 is 3.33. The van der Waals surface area contributed by atoms with Crippen LogP contribution in [0.5, 0.6) is 5.75 Å². The van der Waals surface area contributed by atoms with Gasteiger partial charge in [0.15, 0.2) is 0 Å². The van der Waals surface area contributed by atoms with Crippen LogP contribution in [0.3, 0.4) is 0 Å². The summed E-state index contributed by atoms with van der Waals surface area (Å²) in [6, 6.07) is 6.19. The number of aryl methyl sites for hydroxylation is 1. The predicted molar refractivity (Wildman–Crippen MR) is 77.4 cm³/mol. The van der Waals surface area contributed by atoms with E-state index in [9.17, 15) is 13.9 Å². The third-order valence-electron chi connectivity index (χ3n) is 2.96. The number of benzene rings is 1. The largest absolute Gasteiger partial charge is 0.434 e. The highest BCUT2D eigenvalue weighted by atomic mass is 79.9. The van der Waals surface area contributed by atoms with Crippen molar-refractivity contribution in [2.24, 2.45) is 0 Å². The first-order chi connectivity index (χ1) is 10.0. The number of aliphatic hydroxyl groups excluding tert-OH is 1. The van der Waals surface area contributed by atoms with Crippen molar-refractivity contribution in [1.82, 2.24) is 9.78 Å². The molecule has 0 fully saturated rings. The summed E-state index contributed by atoms with van der Waals surface area (Å²) in [5, 5.41) is 14.7. The van der Waals surface area contributed by atoms with Gasteiger partial charge < -0.3 is 9.84 Å². The first-order valence-corrected chi connectivity index (χ1v) is 7.26. The van der Waals surface area contributed by atoms with E-state index in [1.807, 2.05) is 6.92 Å². The zero-order valence-corrected chi connectivity index (χ0v) is 12.9. The van der Waals surface area contributed by atoms with E-state index in [4.69, 9.17) is 0 Å². The molecule has 0 radical (unpaired) electrons. The number of hydrogen-bond acceptors (Lipinski definition) is 3. The summed E-state index contributed by atoms with van der Waals surface area (Å²) in [4.78, 5) is 0. The van der Waals surface area contributed by atoms with Gasteiger partial charge in [0, 0.05) is 12.1 Å². The molecule has 7 heteroatoms. The van der Waals surface area contributed by atoms with E-state index in [0.29, 0.717) is 16.7 Å². The molecule has 0 aliphatic rings. The van der Waals surface area contributed by atoms with Gasteiger partial charge in [-0.1, -0.05) is 25.1 Å². The summed E-state index contributed by atoms with van der Waals surface area (Å²) in [6.07, 6.45) is 1.30. The van der Waals surface area contributed by atoms with Gasteiger partial charge in [-0.15, -0.1) is 0 Å². The first-order valence-electron chi connectivity index (χ1n) is 6.47. The number of hydrogen-bond donors (Lipinski definition) is 1. The van der Waals surface area contributed by atoms with Crippen LogP contribution < -0.4 is 4.74 Å². The van der Waals surface area contributed by atoms with Gasteiger partial charge in [0.25, 0.3) is 0 Å². The molecule has 0 saturated carbocycles. The molecule has 2 rings (SSSR count). The van der Waals surface area contributed by atoms with Gasteiger partial charge in [0.2, 0.25) is 0 Å². The van der Waals surface area contributed by atoms with Gasteiger partial charge in [-0.25, -0.2) is 0 Å². The van der Waals surface area contributed by atoms with Crippen LogP contribution >= 0.6 is 15.9 Å². The summed E-state index contributed by atoms with van der Waals surface area (Å²) < 4.78 is 31.6. The van der Waals surface area contributed by atoms with Crippen molar-refractivity contribution >= 4 is 15.9 Å². The lowest BCUT2D eigenvalue weighted by atomic mass is 10.1. The Hall–Kier alpha value is -1.47. The standard InChI is InChI=1S/C14H15BrF2N2O2/c1-2-7-19-12(10(15)8-18-19)13(20)9-5-3-4-6-11(9)21-14(16)17/h3-6,8,13-14,20H,2,7H2,1H3. The number of para-hydroxylation sites is 1. The fraction of sp³-hybridized carbons (Fsp3) is 0.357. The normalized spacial score (nSPS) is 12.7. The fourth-order valence-electron chi connectivity index (χ4n) is 2.09. The van der Waals surface area contributed by atoms with Crippen LogP contribution in [0, 0.1) is 0 Å². The highest BCUT2D eigenvalue weighted by molar-refractivity contribution is 9.10. The lowest BCUT2D eigenvalue weighted by molar-refractivity contribution is -0.0513. The molecule has 0 amide bonds. The second-order valence-electron chi connectivity index (χ2n) is 4.42. The number of aliphatic hydroxyl groups is 1. The minimum absolute atomic E-state index is 0.0452. The Balaban J connectivity index is 2.40. The van der Waals surface area contributed by atoms with Crippen LogP contribution in [0.15, 0.2) is 34.9 Å². The molecular weight excluding hydrogens is 346 g/mol. The molecule has 1 aromatic carbocycles. The Labute approximate surface area is 129 Å². The Kier molecular flexibility index (Phi) is 5.30. The molecule has 1 N–H and O–H groups in total. The number of aromatic nitrogens is 2. The summed E-state index contributed by atoms with van der Waals surface area (Å²) in [6.45, 7) is -0.336. The minimum Gasteiger partial charge on any atom is -0.434 e.